The number of nitrogens with one attached hydrogen (secondary N) is 1. The van der Waals surface area contributed by atoms with Crippen LogP contribution in [0, 0.1) is 5.82 Å². The van der Waals surface area contributed by atoms with E-state index in [1.807, 2.05) is 0 Å². The van der Waals surface area contributed by atoms with Crippen LogP contribution in [0.15, 0.2) is 77.7 Å². The van der Waals surface area contributed by atoms with Gasteiger partial charge in [0.25, 0.3) is 5.91 Å². The molecular formula is C22H20ClFN2O3S. The molecule has 0 fully saturated rings. The average Bonchev–Trinajstić information content (AvgIpc) is 2.74. The van der Waals surface area contributed by atoms with Crippen molar-refractivity contribution in [3.8, 4) is 0 Å². The van der Waals surface area contributed by atoms with Crippen LogP contribution in [0.4, 0.5) is 10.1 Å². The van der Waals surface area contributed by atoms with E-state index < -0.39 is 10.0 Å². The lowest BCUT2D eigenvalue weighted by molar-refractivity contribution is 0.102. The van der Waals surface area contributed by atoms with Crippen molar-refractivity contribution in [3.05, 3.63) is 94.8 Å². The van der Waals surface area contributed by atoms with Gasteiger partial charge in [0.1, 0.15) is 5.82 Å². The van der Waals surface area contributed by atoms with E-state index in [0.717, 1.165) is 5.56 Å². The van der Waals surface area contributed by atoms with E-state index in [-0.39, 0.29) is 29.7 Å². The topological polar surface area (TPSA) is 66.5 Å². The second-order valence-electron chi connectivity index (χ2n) is 6.54. The molecule has 0 aliphatic carbocycles. The zero-order valence-electron chi connectivity index (χ0n) is 16.2. The quantitative estimate of drug-likeness (QED) is 0.558. The van der Waals surface area contributed by atoms with Gasteiger partial charge in [0.05, 0.1) is 4.90 Å². The third kappa shape index (κ3) is 5.24. The molecule has 0 heterocycles. The number of anilines is 1. The summed E-state index contributed by atoms with van der Waals surface area (Å²) in [6.07, 6.45) is 0. The summed E-state index contributed by atoms with van der Waals surface area (Å²) >= 11 is 5.85. The average molecular weight is 447 g/mol. The molecule has 30 heavy (non-hydrogen) atoms. The Morgan fingerprint density at radius 2 is 1.57 bits per heavy atom. The van der Waals surface area contributed by atoms with Crippen LogP contribution in [-0.2, 0) is 16.6 Å². The summed E-state index contributed by atoms with van der Waals surface area (Å²) in [6, 6.07) is 18.2. The molecule has 3 aromatic carbocycles. The first kappa shape index (κ1) is 22.0. The Morgan fingerprint density at radius 3 is 2.13 bits per heavy atom. The second-order valence-corrected chi connectivity index (χ2v) is 8.92. The molecule has 0 bridgehead atoms. The highest BCUT2D eigenvalue weighted by atomic mass is 35.5. The van der Waals surface area contributed by atoms with Crippen molar-refractivity contribution in [2.75, 3.05) is 11.9 Å². The van der Waals surface area contributed by atoms with Gasteiger partial charge in [-0.1, -0.05) is 30.7 Å². The van der Waals surface area contributed by atoms with E-state index in [2.05, 4.69) is 5.32 Å². The highest BCUT2D eigenvalue weighted by Crippen LogP contribution is 2.21. The van der Waals surface area contributed by atoms with Crippen LogP contribution >= 0.6 is 11.6 Å². The van der Waals surface area contributed by atoms with Gasteiger partial charge in [-0.3, -0.25) is 4.79 Å². The molecule has 0 aromatic heterocycles. The summed E-state index contributed by atoms with van der Waals surface area (Å²) in [5.74, 6) is -0.722. The van der Waals surface area contributed by atoms with Gasteiger partial charge in [0.2, 0.25) is 10.0 Å². The summed E-state index contributed by atoms with van der Waals surface area (Å²) in [4.78, 5) is 12.5. The van der Waals surface area contributed by atoms with Crippen LogP contribution in [0.5, 0.6) is 0 Å². The number of nitrogens with zero attached hydrogens (tertiary/aromatic N) is 1. The molecule has 0 spiro atoms. The van der Waals surface area contributed by atoms with Crippen molar-refractivity contribution in [1.82, 2.24) is 4.31 Å². The number of hydrogen-bond acceptors (Lipinski definition) is 3. The highest BCUT2D eigenvalue weighted by molar-refractivity contribution is 7.89. The first-order valence-electron chi connectivity index (χ1n) is 9.21. The molecule has 0 aliphatic rings. The molecule has 0 aliphatic heterocycles. The molecule has 5 nitrogen and oxygen atoms in total. The van der Waals surface area contributed by atoms with Crippen LogP contribution in [0.1, 0.15) is 22.8 Å². The van der Waals surface area contributed by atoms with Crippen LogP contribution < -0.4 is 5.32 Å². The van der Waals surface area contributed by atoms with Crippen LogP contribution in [-0.4, -0.2) is 25.2 Å². The van der Waals surface area contributed by atoms with E-state index in [9.17, 15) is 17.6 Å². The molecule has 1 amide bonds. The van der Waals surface area contributed by atoms with Gasteiger partial charge in [-0.15, -0.1) is 0 Å². The third-order valence-electron chi connectivity index (χ3n) is 4.48. The van der Waals surface area contributed by atoms with Crippen LogP contribution in [0.25, 0.3) is 0 Å². The molecule has 0 unspecified atom stereocenters. The first-order valence-corrected chi connectivity index (χ1v) is 11.0. The molecule has 3 aromatic rings. The lowest BCUT2D eigenvalue weighted by Crippen LogP contribution is -2.30. The fourth-order valence-corrected chi connectivity index (χ4v) is 4.39. The van der Waals surface area contributed by atoms with E-state index in [0.29, 0.717) is 16.3 Å². The minimum atomic E-state index is -3.67. The maximum Gasteiger partial charge on any atom is 0.255 e. The number of carbonyl (C=O) groups excluding carboxylic acids is 1. The van der Waals surface area contributed by atoms with E-state index >= 15 is 0 Å². The first-order chi connectivity index (χ1) is 14.3. The van der Waals surface area contributed by atoms with Gasteiger partial charge >= 0.3 is 0 Å². The summed E-state index contributed by atoms with van der Waals surface area (Å²) in [6.45, 7) is 2.22. The Morgan fingerprint density at radius 1 is 0.967 bits per heavy atom. The number of sulfonamides is 1. The standard InChI is InChI=1S/C22H20ClFN2O3S/c1-2-26(30(28,29)21-13-7-18(23)8-14-21)15-16-3-5-17(6-4-16)22(27)25-20-11-9-19(24)10-12-20/h3-14H,2,15H2,1H3,(H,25,27). The molecule has 1 N–H and O–H groups in total. The Kier molecular flexibility index (Phi) is 6.87. The number of carbonyl (C=O) groups is 1. The predicted molar refractivity (Wildman–Crippen MR) is 116 cm³/mol. The zero-order valence-corrected chi connectivity index (χ0v) is 17.8. The maximum absolute atomic E-state index is 13.0. The van der Waals surface area contributed by atoms with Crippen LogP contribution in [0.3, 0.4) is 0 Å². The Hall–Kier alpha value is -2.74. The molecule has 0 radical (unpaired) electrons. The molecular weight excluding hydrogens is 427 g/mol. The van der Waals surface area contributed by atoms with Crippen molar-refractivity contribution < 1.29 is 17.6 Å². The number of benzene rings is 3. The molecule has 156 valence electrons. The number of halogens is 2. The van der Waals surface area contributed by atoms with Crippen molar-refractivity contribution in [3.63, 3.8) is 0 Å². The fourth-order valence-electron chi connectivity index (χ4n) is 2.82. The monoisotopic (exact) mass is 446 g/mol. The Bertz CT molecular complexity index is 1120. The van der Waals surface area contributed by atoms with E-state index in [1.165, 1.54) is 52.8 Å². The summed E-state index contributed by atoms with van der Waals surface area (Å²) in [5, 5.41) is 3.15. The van der Waals surface area contributed by atoms with Crippen molar-refractivity contribution in [2.24, 2.45) is 0 Å². The zero-order chi connectivity index (χ0) is 21.7. The van der Waals surface area contributed by atoms with E-state index in [1.54, 1.807) is 31.2 Å². The van der Waals surface area contributed by atoms with Crippen molar-refractivity contribution in [1.29, 1.82) is 0 Å². The normalized spacial score (nSPS) is 11.5. The molecule has 8 heteroatoms. The SMILES string of the molecule is CCN(Cc1ccc(C(=O)Nc2ccc(F)cc2)cc1)S(=O)(=O)c1ccc(Cl)cc1. The molecule has 3 rings (SSSR count). The van der Waals surface area contributed by atoms with Gasteiger partial charge < -0.3 is 5.32 Å². The largest absolute Gasteiger partial charge is 0.322 e. The number of amides is 1. The predicted octanol–water partition coefficient (Wildman–Crippen LogP) is 4.94. The number of hydrogen-bond donors (Lipinski definition) is 1. The van der Waals surface area contributed by atoms with Gasteiger partial charge in [-0.2, -0.15) is 4.31 Å². The lowest BCUT2D eigenvalue weighted by Gasteiger charge is -2.21. The van der Waals surface area contributed by atoms with Crippen LogP contribution in [0.2, 0.25) is 5.02 Å². The van der Waals surface area contributed by atoms with Crippen molar-refractivity contribution >= 4 is 33.2 Å². The van der Waals surface area contributed by atoms with Gasteiger partial charge in [0, 0.05) is 29.4 Å². The minimum absolute atomic E-state index is 0.168. The third-order valence-corrected chi connectivity index (χ3v) is 6.67. The Balaban J connectivity index is 1.71. The van der Waals surface area contributed by atoms with Crippen molar-refractivity contribution in [2.45, 2.75) is 18.4 Å². The molecule has 0 saturated carbocycles. The summed E-state index contributed by atoms with van der Waals surface area (Å²) in [5.41, 5.74) is 1.64. The Labute approximate surface area is 180 Å². The fraction of sp³-hybridized carbons (Fsp3) is 0.136. The highest BCUT2D eigenvalue weighted by Gasteiger charge is 2.23. The second kappa shape index (κ2) is 9.38. The smallest absolute Gasteiger partial charge is 0.255 e. The lowest BCUT2D eigenvalue weighted by atomic mass is 10.1. The minimum Gasteiger partial charge on any atom is -0.322 e. The maximum atomic E-state index is 13.0. The van der Waals surface area contributed by atoms with Gasteiger partial charge in [-0.05, 0) is 66.2 Å². The van der Waals surface area contributed by atoms with Gasteiger partial charge in [-0.25, -0.2) is 12.8 Å². The molecule has 0 atom stereocenters. The number of rotatable bonds is 7. The summed E-state index contributed by atoms with van der Waals surface area (Å²) in [7, 11) is -3.67. The van der Waals surface area contributed by atoms with E-state index in [4.69, 9.17) is 11.6 Å². The summed E-state index contributed by atoms with van der Waals surface area (Å²) < 4.78 is 40.1. The van der Waals surface area contributed by atoms with Gasteiger partial charge in [0.15, 0.2) is 0 Å². The molecule has 0 saturated heterocycles.